The molecule has 1 amide bonds. The van der Waals surface area contributed by atoms with Gasteiger partial charge in [-0.15, -0.1) is 0 Å². The number of anilines is 1. The van der Waals surface area contributed by atoms with Crippen LogP contribution in [0.4, 0.5) is 5.69 Å². The van der Waals surface area contributed by atoms with E-state index in [1.54, 1.807) is 20.3 Å². The van der Waals surface area contributed by atoms with Crippen molar-refractivity contribution in [3.8, 4) is 17.6 Å². The number of nitrogens with one attached hydrogen (secondary N) is 1. The molecule has 0 radical (unpaired) electrons. The number of aromatic nitrogens is 1. The van der Waals surface area contributed by atoms with Gasteiger partial charge in [-0.05, 0) is 48.9 Å². The van der Waals surface area contributed by atoms with E-state index >= 15 is 0 Å². The number of thioether (sulfide) groups is 1. The number of aryl methyl sites for hydroxylation is 1. The number of amides is 1. The summed E-state index contributed by atoms with van der Waals surface area (Å²) in [4.78, 5) is 16.9. The Morgan fingerprint density at radius 3 is 2.71 bits per heavy atom. The van der Waals surface area contributed by atoms with Gasteiger partial charge in [-0.2, -0.15) is 5.26 Å². The molecule has 0 atom stereocenters. The number of hydrogen-bond acceptors (Lipinski definition) is 6. The lowest BCUT2D eigenvalue weighted by atomic mass is 10.1. The van der Waals surface area contributed by atoms with E-state index < -0.39 is 0 Å². The zero-order valence-electron chi connectivity index (χ0n) is 15.8. The number of nitrogens with zero attached hydrogens (tertiary/aromatic N) is 2. The third-order valence-electron chi connectivity index (χ3n) is 4.08. The lowest BCUT2D eigenvalue weighted by Crippen LogP contribution is -2.15. The van der Waals surface area contributed by atoms with Gasteiger partial charge in [-0.3, -0.25) is 4.79 Å². The summed E-state index contributed by atoms with van der Waals surface area (Å²) in [5.74, 6) is 1.22. The van der Waals surface area contributed by atoms with Crippen LogP contribution in [0.5, 0.6) is 11.5 Å². The number of ether oxygens (including phenoxy) is 2. The molecular formula is C21H19N3O3S. The van der Waals surface area contributed by atoms with Crippen molar-refractivity contribution < 1.29 is 14.3 Å². The zero-order chi connectivity index (χ0) is 20.1. The average Bonchev–Trinajstić information content (AvgIpc) is 2.71. The fourth-order valence-corrected chi connectivity index (χ4v) is 3.46. The standard InChI is InChI=1S/C21H19N3O3S/c1-13-4-7-19(27-3)18(8-13)23-20(25)12-28-21-15(11-22)9-14-10-16(26-2)5-6-17(14)24-21/h4-10H,12H2,1-3H3,(H,23,25). The fourth-order valence-electron chi connectivity index (χ4n) is 2.69. The second kappa shape index (κ2) is 8.63. The molecule has 1 aromatic heterocycles. The Morgan fingerprint density at radius 2 is 2.00 bits per heavy atom. The third-order valence-corrected chi connectivity index (χ3v) is 5.07. The Balaban J connectivity index is 1.77. The van der Waals surface area contributed by atoms with E-state index in [4.69, 9.17) is 9.47 Å². The lowest BCUT2D eigenvalue weighted by Gasteiger charge is -2.11. The molecule has 1 N–H and O–H groups in total. The molecule has 142 valence electrons. The van der Waals surface area contributed by atoms with Gasteiger partial charge in [0.1, 0.15) is 22.6 Å². The summed E-state index contributed by atoms with van der Waals surface area (Å²) in [6.07, 6.45) is 0. The second-order valence-corrected chi connectivity index (χ2v) is 7.02. The SMILES string of the molecule is COc1ccc2nc(SCC(=O)Nc3cc(C)ccc3OC)c(C#N)cc2c1. The number of benzene rings is 2. The molecule has 0 aliphatic carbocycles. The van der Waals surface area contributed by atoms with Crippen molar-refractivity contribution in [3.05, 3.63) is 53.6 Å². The number of carbonyl (C=O) groups excluding carboxylic acids is 1. The first-order valence-corrected chi connectivity index (χ1v) is 9.49. The summed E-state index contributed by atoms with van der Waals surface area (Å²) in [5.41, 5.74) is 2.80. The van der Waals surface area contributed by atoms with E-state index in [9.17, 15) is 10.1 Å². The van der Waals surface area contributed by atoms with E-state index in [-0.39, 0.29) is 11.7 Å². The highest BCUT2D eigenvalue weighted by Crippen LogP contribution is 2.28. The molecule has 0 saturated carbocycles. The number of hydrogen-bond donors (Lipinski definition) is 1. The van der Waals surface area contributed by atoms with Crippen LogP contribution in [-0.4, -0.2) is 30.9 Å². The summed E-state index contributed by atoms with van der Waals surface area (Å²) in [6.45, 7) is 1.94. The minimum absolute atomic E-state index is 0.125. The van der Waals surface area contributed by atoms with Crippen LogP contribution >= 0.6 is 11.8 Å². The van der Waals surface area contributed by atoms with Gasteiger partial charge in [0.15, 0.2) is 0 Å². The number of rotatable bonds is 6. The molecule has 0 bridgehead atoms. The van der Waals surface area contributed by atoms with Crippen molar-refractivity contribution in [3.63, 3.8) is 0 Å². The van der Waals surface area contributed by atoms with Crippen LogP contribution in [0.2, 0.25) is 0 Å². The largest absolute Gasteiger partial charge is 0.497 e. The van der Waals surface area contributed by atoms with Gasteiger partial charge < -0.3 is 14.8 Å². The average molecular weight is 393 g/mol. The number of nitriles is 1. The quantitative estimate of drug-likeness (QED) is 0.633. The van der Waals surface area contributed by atoms with Gasteiger partial charge in [-0.25, -0.2) is 4.98 Å². The molecule has 0 unspecified atom stereocenters. The molecule has 0 spiro atoms. The zero-order valence-corrected chi connectivity index (χ0v) is 16.6. The Bertz CT molecular complexity index is 1080. The highest BCUT2D eigenvalue weighted by Gasteiger charge is 2.13. The van der Waals surface area contributed by atoms with Crippen molar-refractivity contribution in [2.45, 2.75) is 11.9 Å². The van der Waals surface area contributed by atoms with Gasteiger partial charge in [0.05, 0.1) is 36.7 Å². The maximum atomic E-state index is 12.4. The summed E-state index contributed by atoms with van der Waals surface area (Å²) < 4.78 is 10.5. The maximum absolute atomic E-state index is 12.4. The highest BCUT2D eigenvalue weighted by molar-refractivity contribution is 8.00. The van der Waals surface area contributed by atoms with Crippen molar-refractivity contribution in [1.82, 2.24) is 4.98 Å². The first-order valence-electron chi connectivity index (χ1n) is 8.50. The van der Waals surface area contributed by atoms with Crippen LogP contribution in [0.3, 0.4) is 0 Å². The molecular weight excluding hydrogens is 374 g/mol. The number of pyridine rings is 1. The number of fused-ring (bicyclic) bond motifs is 1. The van der Waals surface area contributed by atoms with Crippen molar-refractivity contribution in [2.75, 3.05) is 25.3 Å². The van der Waals surface area contributed by atoms with E-state index in [2.05, 4.69) is 16.4 Å². The summed E-state index contributed by atoms with van der Waals surface area (Å²) in [6, 6.07) is 15.0. The Hall–Kier alpha value is -3.24. The van der Waals surface area contributed by atoms with Gasteiger partial charge >= 0.3 is 0 Å². The number of methoxy groups -OCH3 is 2. The first kappa shape index (κ1) is 19.5. The minimum atomic E-state index is -0.200. The summed E-state index contributed by atoms with van der Waals surface area (Å²) in [7, 11) is 3.15. The predicted molar refractivity (Wildman–Crippen MR) is 110 cm³/mol. The van der Waals surface area contributed by atoms with E-state index in [0.717, 1.165) is 16.5 Å². The molecule has 3 rings (SSSR count). The normalized spacial score (nSPS) is 10.4. The molecule has 0 aliphatic heterocycles. The highest BCUT2D eigenvalue weighted by atomic mass is 32.2. The van der Waals surface area contributed by atoms with Crippen molar-refractivity contribution in [1.29, 1.82) is 5.26 Å². The molecule has 2 aromatic carbocycles. The Labute approximate surface area is 167 Å². The molecule has 0 aliphatic rings. The topological polar surface area (TPSA) is 84.2 Å². The second-order valence-electron chi connectivity index (χ2n) is 6.05. The van der Waals surface area contributed by atoms with Gasteiger partial charge in [0, 0.05) is 5.39 Å². The molecule has 7 heteroatoms. The molecule has 0 saturated heterocycles. The van der Waals surface area contributed by atoms with Gasteiger partial charge in [0.2, 0.25) is 5.91 Å². The van der Waals surface area contributed by atoms with Crippen LogP contribution in [0.15, 0.2) is 47.5 Å². The summed E-state index contributed by atoms with van der Waals surface area (Å²) >= 11 is 1.22. The van der Waals surface area contributed by atoms with Crippen LogP contribution < -0.4 is 14.8 Å². The van der Waals surface area contributed by atoms with Gasteiger partial charge in [-0.1, -0.05) is 17.8 Å². The third kappa shape index (κ3) is 4.35. The fraction of sp³-hybridized carbons (Fsp3) is 0.190. The maximum Gasteiger partial charge on any atom is 0.234 e. The Morgan fingerprint density at radius 1 is 1.18 bits per heavy atom. The van der Waals surface area contributed by atoms with E-state index in [0.29, 0.717) is 27.8 Å². The first-order chi connectivity index (χ1) is 13.5. The monoisotopic (exact) mass is 393 g/mol. The van der Waals surface area contributed by atoms with Crippen molar-refractivity contribution >= 4 is 34.3 Å². The molecule has 3 aromatic rings. The molecule has 28 heavy (non-hydrogen) atoms. The van der Waals surface area contributed by atoms with Gasteiger partial charge in [0.25, 0.3) is 0 Å². The number of carbonyl (C=O) groups is 1. The van der Waals surface area contributed by atoms with Crippen molar-refractivity contribution in [2.24, 2.45) is 0 Å². The predicted octanol–water partition coefficient (Wildman–Crippen LogP) is 4.16. The van der Waals surface area contributed by atoms with Crippen LogP contribution in [-0.2, 0) is 4.79 Å². The van der Waals surface area contributed by atoms with Crippen LogP contribution in [0, 0.1) is 18.3 Å². The minimum Gasteiger partial charge on any atom is -0.497 e. The Kier molecular flexibility index (Phi) is 6.02. The summed E-state index contributed by atoms with van der Waals surface area (Å²) in [5, 5.41) is 13.6. The van der Waals surface area contributed by atoms with Crippen LogP contribution in [0.1, 0.15) is 11.1 Å². The molecule has 6 nitrogen and oxygen atoms in total. The lowest BCUT2D eigenvalue weighted by molar-refractivity contribution is -0.113. The molecule has 1 heterocycles. The van der Waals surface area contributed by atoms with Crippen LogP contribution in [0.25, 0.3) is 10.9 Å². The molecule has 0 fully saturated rings. The van der Waals surface area contributed by atoms with E-state index in [1.807, 2.05) is 43.3 Å². The smallest absolute Gasteiger partial charge is 0.234 e. The van der Waals surface area contributed by atoms with E-state index in [1.165, 1.54) is 11.8 Å².